The number of nitrogens with one attached hydrogen (secondary N) is 1. The van der Waals surface area contributed by atoms with Crippen LogP contribution in [0.5, 0.6) is 0 Å². The van der Waals surface area contributed by atoms with Gasteiger partial charge in [0.05, 0.1) is 24.5 Å². The topological polar surface area (TPSA) is 72.8 Å². The lowest BCUT2D eigenvalue weighted by atomic mass is 9.95. The molecule has 0 bridgehead atoms. The maximum atomic E-state index is 14.6. The zero-order valence-electron chi connectivity index (χ0n) is 15.4. The van der Waals surface area contributed by atoms with E-state index in [9.17, 15) is 13.6 Å². The maximum Gasteiger partial charge on any atom is 0.338 e. The van der Waals surface area contributed by atoms with E-state index in [1.807, 2.05) is 6.92 Å². The van der Waals surface area contributed by atoms with Gasteiger partial charge in [0, 0.05) is 29.8 Å². The van der Waals surface area contributed by atoms with Gasteiger partial charge < -0.3 is 14.8 Å². The number of rotatable bonds is 7. The first-order valence-corrected chi connectivity index (χ1v) is 9.60. The van der Waals surface area contributed by atoms with Crippen molar-refractivity contribution < 1.29 is 23.0 Å². The molecule has 0 radical (unpaired) electrons. The van der Waals surface area contributed by atoms with Crippen LogP contribution in [0.4, 0.5) is 8.78 Å². The van der Waals surface area contributed by atoms with Gasteiger partial charge in [0.1, 0.15) is 17.7 Å². The van der Waals surface area contributed by atoms with Crippen molar-refractivity contribution in [2.75, 3.05) is 19.8 Å². The lowest BCUT2D eigenvalue weighted by Crippen LogP contribution is -2.36. The van der Waals surface area contributed by atoms with E-state index in [1.54, 1.807) is 18.5 Å². The number of aliphatic imine (C=N–C) groups is 1. The zero-order chi connectivity index (χ0) is 20.1. The molecule has 28 heavy (non-hydrogen) atoms. The van der Waals surface area contributed by atoms with Crippen LogP contribution in [0.2, 0.25) is 0 Å². The molecule has 0 saturated carbocycles. The molecule has 0 fully saturated rings. The summed E-state index contributed by atoms with van der Waals surface area (Å²) < 4.78 is 38.6. The van der Waals surface area contributed by atoms with Crippen molar-refractivity contribution >= 4 is 23.1 Å². The number of amidine groups is 1. The Morgan fingerprint density at radius 3 is 2.75 bits per heavy atom. The van der Waals surface area contributed by atoms with Gasteiger partial charge in [0.15, 0.2) is 10.8 Å². The van der Waals surface area contributed by atoms with Crippen LogP contribution >= 0.6 is 11.3 Å². The average Bonchev–Trinajstić information content (AvgIpc) is 3.20. The molecule has 1 aliphatic heterocycles. The largest absolute Gasteiger partial charge is 0.463 e. The number of carbonyl (C=O) groups is 1. The van der Waals surface area contributed by atoms with E-state index in [0.717, 1.165) is 12.1 Å². The smallest absolute Gasteiger partial charge is 0.338 e. The molecule has 0 spiro atoms. The fourth-order valence-corrected chi connectivity index (χ4v) is 3.35. The third-order valence-electron chi connectivity index (χ3n) is 3.96. The molecule has 6 nitrogen and oxygen atoms in total. The van der Waals surface area contributed by atoms with Crippen molar-refractivity contribution in [3.05, 3.63) is 63.3 Å². The molecular weight excluding hydrogens is 388 g/mol. The molecule has 2 heterocycles. The Hall–Kier alpha value is -2.65. The highest BCUT2D eigenvalue weighted by molar-refractivity contribution is 7.11. The van der Waals surface area contributed by atoms with Crippen LogP contribution in [0, 0.1) is 11.6 Å². The second-order valence-electron chi connectivity index (χ2n) is 5.76. The Bertz CT molecular complexity index is 913. The molecule has 1 aromatic heterocycles. The number of nitrogens with zero attached hydrogens (tertiary/aromatic N) is 2. The predicted molar refractivity (Wildman–Crippen MR) is 101 cm³/mol. The van der Waals surface area contributed by atoms with E-state index in [0.29, 0.717) is 23.1 Å². The van der Waals surface area contributed by atoms with Crippen LogP contribution in [-0.4, -0.2) is 36.6 Å². The molecule has 148 valence electrons. The predicted octanol–water partition coefficient (Wildman–Crippen LogP) is 3.37. The second kappa shape index (κ2) is 9.03. The third kappa shape index (κ3) is 4.26. The summed E-state index contributed by atoms with van der Waals surface area (Å²) in [6.45, 7) is 4.13. The van der Waals surface area contributed by atoms with Gasteiger partial charge in [0.25, 0.3) is 0 Å². The highest BCUT2D eigenvalue weighted by Crippen LogP contribution is 2.34. The van der Waals surface area contributed by atoms with Crippen LogP contribution < -0.4 is 5.32 Å². The van der Waals surface area contributed by atoms with Crippen LogP contribution in [0.1, 0.15) is 30.5 Å². The molecule has 3 rings (SSSR count). The van der Waals surface area contributed by atoms with Gasteiger partial charge in [0.2, 0.25) is 0 Å². The monoisotopic (exact) mass is 407 g/mol. The molecule has 1 atom stereocenters. The SMILES string of the molecule is CCOCC1=C(C(=O)OCC)C(c2ccc(F)cc2F)N=C(c2nccs2)N1. The van der Waals surface area contributed by atoms with Crippen molar-refractivity contribution in [3.8, 4) is 0 Å². The molecule has 2 aromatic rings. The molecule has 1 N–H and O–H groups in total. The summed E-state index contributed by atoms with van der Waals surface area (Å²) in [5.41, 5.74) is 0.601. The van der Waals surface area contributed by atoms with E-state index in [4.69, 9.17) is 9.47 Å². The van der Waals surface area contributed by atoms with Gasteiger partial charge in [-0.05, 0) is 19.9 Å². The lowest BCUT2D eigenvalue weighted by Gasteiger charge is -2.27. The van der Waals surface area contributed by atoms with Crippen LogP contribution in [0.15, 0.2) is 46.0 Å². The van der Waals surface area contributed by atoms with Crippen molar-refractivity contribution in [1.29, 1.82) is 0 Å². The van der Waals surface area contributed by atoms with E-state index in [-0.39, 0.29) is 24.4 Å². The highest BCUT2D eigenvalue weighted by atomic mass is 32.1. The highest BCUT2D eigenvalue weighted by Gasteiger charge is 2.34. The van der Waals surface area contributed by atoms with Gasteiger partial charge in [-0.25, -0.2) is 18.6 Å². The van der Waals surface area contributed by atoms with Gasteiger partial charge in [-0.3, -0.25) is 4.99 Å². The Labute approximate surface area is 164 Å². The van der Waals surface area contributed by atoms with Crippen LogP contribution in [0.25, 0.3) is 0 Å². The third-order valence-corrected chi connectivity index (χ3v) is 4.74. The number of hydrogen-bond donors (Lipinski definition) is 1. The summed E-state index contributed by atoms with van der Waals surface area (Å²) in [5, 5.41) is 5.42. The average molecular weight is 407 g/mol. The lowest BCUT2D eigenvalue weighted by molar-refractivity contribution is -0.139. The molecular formula is C19H19F2N3O3S. The fourth-order valence-electron chi connectivity index (χ4n) is 2.76. The first-order valence-electron chi connectivity index (χ1n) is 8.72. The number of halogens is 2. The van der Waals surface area contributed by atoms with Crippen LogP contribution in [-0.2, 0) is 14.3 Å². The van der Waals surface area contributed by atoms with E-state index in [1.165, 1.54) is 17.4 Å². The standard InChI is InChI=1S/C19H19F2N3O3S/c1-3-26-10-14-15(19(25)27-4-2)16(12-6-5-11(20)9-13(12)21)24-17(23-14)18-22-7-8-28-18/h5-9,16H,3-4,10H2,1-2H3,(H,23,24). The summed E-state index contributed by atoms with van der Waals surface area (Å²) in [4.78, 5) is 21.4. The number of esters is 1. The summed E-state index contributed by atoms with van der Waals surface area (Å²) in [6, 6.07) is 2.15. The Morgan fingerprint density at radius 2 is 2.11 bits per heavy atom. The van der Waals surface area contributed by atoms with Gasteiger partial charge in [-0.15, -0.1) is 11.3 Å². The zero-order valence-corrected chi connectivity index (χ0v) is 16.2. The Kier molecular flexibility index (Phi) is 6.48. The quantitative estimate of drug-likeness (QED) is 0.713. The number of hydrogen-bond acceptors (Lipinski definition) is 7. The summed E-state index contributed by atoms with van der Waals surface area (Å²) >= 11 is 1.34. The molecule has 1 aromatic carbocycles. The number of aromatic nitrogens is 1. The first-order chi connectivity index (χ1) is 13.5. The Morgan fingerprint density at radius 1 is 1.29 bits per heavy atom. The molecule has 9 heteroatoms. The van der Waals surface area contributed by atoms with Gasteiger partial charge >= 0.3 is 5.97 Å². The summed E-state index contributed by atoms with van der Waals surface area (Å²) in [5.74, 6) is -1.77. The van der Waals surface area contributed by atoms with Crippen molar-refractivity contribution in [2.45, 2.75) is 19.9 Å². The van der Waals surface area contributed by atoms with E-state index >= 15 is 0 Å². The minimum Gasteiger partial charge on any atom is -0.463 e. The Balaban J connectivity index is 2.14. The van der Waals surface area contributed by atoms with E-state index in [2.05, 4.69) is 15.3 Å². The van der Waals surface area contributed by atoms with Crippen molar-refractivity contribution in [1.82, 2.24) is 10.3 Å². The van der Waals surface area contributed by atoms with Gasteiger partial charge in [-0.2, -0.15) is 0 Å². The summed E-state index contributed by atoms with van der Waals surface area (Å²) in [7, 11) is 0. The van der Waals surface area contributed by atoms with Crippen molar-refractivity contribution in [3.63, 3.8) is 0 Å². The minimum atomic E-state index is -1.02. The number of thiazole rings is 1. The maximum absolute atomic E-state index is 14.6. The molecule has 0 aliphatic carbocycles. The van der Waals surface area contributed by atoms with E-state index < -0.39 is 23.6 Å². The minimum absolute atomic E-state index is 0.0639. The van der Waals surface area contributed by atoms with Crippen LogP contribution in [0.3, 0.4) is 0 Å². The normalized spacial score (nSPS) is 16.6. The molecule has 1 unspecified atom stereocenters. The van der Waals surface area contributed by atoms with Crippen molar-refractivity contribution in [2.24, 2.45) is 4.99 Å². The molecule has 0 saturated heterocycles. The number of ether oxygens (including phenoxy) is 2. The van der Waals surface area contributed by atoms with Gasteiger partial charge in [-0.1, -0.05) is 6.07 Å². The summed E-state index contributed by atoms with van der Waals surface area (Å²) in [6.07, 6.45) is 1.62. The fraction of sp³-hybridized carbons (Fsp3) is 0.316. The molecule has 0 amide bonds. The molecule has 1 aliphatic rings. The number of benzene rings is 1. The second-order valence-corrected chi connectivity index (χ2v) is 6.65. The number of carbonyl (C=O) groups excluding carboxylic acids is 1. The first kappa shape index (κ1) is 20.1.